The summed E-state index contributed by atoms with van der Waals surface area (Å²) in [6, 6.07) is 6.42. The van der Waals surface area contributed by atoms with Gasteiger partial charge in [-0.25, -0.2) is 9.59 Å². The van der Waals surface area contributed by atoms with Gasteiger partial charge in [0.2, 0.25) is 0 Å². The van der Waals surface area contributed by atoms with Crippen molar-refractivity contribution in [2.24, 2.45) is 0 Å². The predicted octanol–water partition coefficient (Wildman–Crippen LogP) is 1.55. The normalized spacial score (nSPS) is 10.5. The summed E-state index contributed by atoms with van der Waals surface area (Å²) in [5, 5.41) is 27.0. The molecule has 1 heterocycles. The Morgan fingerprint density at radius 1 is 1.15 bits per heavy atom. The summed E-state index contributed by atoms with van der Waals surface area (Å²) in [5.41, 5.74) is 1.19. The van der Waals surface area contributed by atoms with E-state index in [2.05, 4.69) is 28.5 Å². The lowest BCUT2D eigenvalue weighted by atomic mass is 10.1. The number of benzene rings is 1. The highest BCUT2D eigenvalue weighted by Crippen LogP contribution is 2.29. The number of methoxy groups -OCH3 is 1. The lowest BCUT2D eigenvalue weighted by Gasteiger charge is -2.15. The number of nitrogens with zero attached hydrogens (tertiary/aromatic N) is 1. The molecule has 3 N–H and O–H groups in total. The molecule has 0 amide bonds. The van der Waals surface area contributed by atoms with Crippen molar-refractivity contribution >= 4 is 33.4 Å². The van der Waals surface area contributed by atoms with Gasteiger partial charge in [-0.3, -0.25) is 0 Å². The van der Waals surface area contributed by atoms with E-state index in [4.69, 9.17) is 34.4 Å². The van der Waals surface area contributed by atoms with Crippen LogP contribution in [0.4, 0.5) is 0 Å². The van der Waals surface area contributed by atoms with Gasteiger partial charge in [0.05, 0.1) is 26.9 Å². The van der Waals surface area contributed by atoms with Crippen LogP contribution in [-0.4, -0.2) is 79.2 Å². The lowest BCUT2D eigenvalue weighted by Crippen LogP contribution is -2.26. The largest absolute Gasteiger partial charge is 0.496 e. The Morgan fingerprint density at radius 2 is 1.85 bits per heavy atom. The van der Waals surface area contributed by atoms with Crippen LogP contribution in [0.25, 0.3) is 10.1 Å². The zero-order valence-electron chi connectivity index (χ0n) is 15.4. The van der Waals surface area contributed by atoms with Crippen LogP contribution in [0.1, 0.15) is 5.56 Å². The maximum absolute atomic E-state index is 9.10. The van der Waals surface area contributed by atoms with E-state index in [0.717, 1.165) is 18.7 Å². The number of carbonyl (C=O) groups is 2. The third-order valence-electron chi connectivity index (χ3n) is 3.65. The van der Waals surface area contributed by atoms with Crippen LogP contribution in [0.5, 0.6) is 5.75 Å². The molecule has 0 saturated heterocycles. The molecule has 9 heteroatoms. The molecule has 0 spiro atoms. The standard InChI is InChI=1S/C16H23NO3S.C2H2O4/c1-17(5-7-18)6-9-20-8-3-13-11-14-4-10-21-16(14)12-15(13)19-2;3-1(4)2(5)6/h4,10-12,18H,3,5-9H2,1-2H3;(H,3,4)(H,5,6). The number of rotatable bonds is 9. The fourth-order valence-corrected chi connectivity index (χ4v) is 3.01. The van der Waals surface area contributed by atoms with Crippen LogP contribution in [0, 0.1) is 0 Å². The second-order valence-corrected chi connectivity index (χ2v) is 6.57. The number of fused-ring (bicyclic) bond motifs is 1. The Morgan fingerprint density at radius 3 is 2.44 bits per heavy atom. The fraction of sp³-hybridized carbons (Fsp3) is 0.444. The monoisotopic (exact) mass is 399 g/mol. The Bertz CT molecular complexity index is 720. The number of hydrogen-bond acceptors (Lipinski definition) is 7. The first-order valence-electron chi connectivity index (χ1n) is 8.26. The molecule has 0 radical (unpaired) electrons. The van der Waals surface area contributed by atoms with E-state index in [1.54, 1.807) is 18.4 Å². The number of aliphatic carboxylic acids is 2. The molecular formula is C18H25NO7S. The highest BCUT2D eigenvalue weighted by atomic mass is 32.1. The van der Waals surface area contributed by atoms with E-state index in [0.29, 0.717) is 19.8 Å². The van der Waals surface area contributed by atoms with E-state index >= 15 is 0 Å². The molecule has 0 atom stereocenters. The van der Waals surface area contributed by atoms with Crippen LogP contribution in [0.2, 0.25) is 0 Å². The molecule has 1 aromatic heterocycles. The number of aliphatic hydroxyl groups is 1. The molecule has 8 nitrogen and oxygen atoms in total. The smallest absolute Gasteiger partial charge is 0.414 e. The topological polar surface area (TPSA) is 117 Å². The quantitative estimate of drug-likeness (QED) is 0.430. The van der Waals surface area contributed by atoms with Gasteiger partial charge in [0, 0.05) is 17.8 Å². The van der Waals surface area contributed by atoms with Crippen LogP contribution >= 0.6 is 11.3 Å². The summed E-state index contributed by atoms with van der Waals surface area (Å²) >= 11 is 1.73. The van der Waals surface area contributed by atoms with Crippen molar-refractivity contribution in [1.82, 2.24) is 4.90 Å². The summed E-state index contributed by atoms with van der Waals surface area (Å²) in [6.07, 6.45) is 0.846. The van der Waals surface area contributed by atoms with Crippen LogP contribution in [0.15, 0.2) is 23.6 Å². The fourth-order valence-electron chi connectivity index (χ4n) is 2.21. The first-order chi connectivity index (χ1) is 12.9. The molecule has 0 saturated carbocycles. The van der Waals surface area contributed by atoms with Gasteiger partial charge in [-0.1, -0.05) is 0 Å². The van der Waals surface area contributed by atoms with Gasteiger partial charge in [-0.15, -0.1) is 11.3 Å². The van der Waals surface area contributed by atoms with Gasteiger partial charge in [-0.05, 0) is 48.0 Å². The first-order valence-corrected chi connectivity index (χ1v) is 9.14. The minimum absolute atomic E-state index is 0.189. The van der Waals surface area contributed by atoms with Crippen molar-refractivity contribution in [3.8, 4) is 5.75 Å². The zero-order chi connectivity index (χ0) is 20.2. The van der Waals surface area contributed by atoms with Gasteiger partial charge >= 0.3 is 11.9 Å². The Kier molecular flexibility index (Phi) is 10.3. The molecule has 0 fully saturated rings. The van der Waals surface area contributed by atoms with Crippen LogP contribution in [0.3, 0.4) is 0 Å². The van der Waals surface area contributed by atoms with Gasteiger partial charge in [0.15, 0.2) is 0 Å². The molecule has 0 bridgehead atoms. The number of carboxylic acid groups (broad SMARTS) is 2. The van der Waals surface area contributed by atoms with Gasteiger partial charge in [0.1, 0.15) is 5.75 Å². The summed E-state index contributed by atoms with van der Waals surface area (Å²) in [4.78, 5) is 20.3. The number of aliphatic hydroxyl groups excluding tert-OH is 1. The van der Waals surface area contributed by atoms with Crippen molar-refractivity contribution in [1.29, 1.82) is 0 Å². The van der Waals surface area contributed by atoms with E-state index in [1.807, 2.05) is 7.05 Å². The molecule has 27 heavy (non-hydrogen) atoms. The van der Waals surface area contributed by atoms with Gasteiger partial charge in [-0.2, -0.15) is 0 Å². The molecule has 0 aliphatic carbocycles. The third-order valence-corrected chi connectivity index (χ3v) is 4.53. The molecular weight excluding hydrogens is 374 g/mol. The minimum Gasteiger partial charge on any atom is -0.496 e. The summed E-state index contributed by atoms with van der Waals surface area (Å²) in [5.74, 6) is -2.71. The lowest BCUT2D eigenvalue weighted by molar-refractivity contribution is -0.159. The summed E-state index contributed by atoms with van der Waals surface area (Å²) in [7, 11) is 3.69. The second-order valence-electron chi connectivity index (χ2n) is 5.62. The molecule has 0 aliphatic heterocycles. The number of thiophene rings is 1. The maximum Gasteiger partial charge on any atom is 0.414 e. The average molecular weight is 399 g/mol. The minimum atomic E-state index is -1.82. The first kappa shape index (κ1) is 22.8. The van der Waals surface area contributed by atoms with Crippen molar-refractivity contribution < 1.29 is 34.4 Å². The Balaban J connectivity index is 0.000000527. The molecule has 1 aromatic carbocycles. The van der Waals surface area contributed by atoms with Gasteiger partial charge in [0.25, 0.3) is 0 Å². The van der Waals surface area contributed by atoms with Crippen molar-refractivity contribution in [3.05, 3.63) is 29.1 Å². The van der Waals surface area contributed by atoms with E-state index in [9.17, 15) is 0 Å². The number of ether oxygens (including phenoxy) is 2. The summed E-state index contributed by atoms with van der Waals surface area (Å²) < 4.78 is 12.4. The van der Waals surface area contributed by atoms with Crippen LogP contribution in [-0.2, 0) is 20.7 Å². The van der Waals surface area contributed by atoms with E-state index in [1.165, 1.54) is 15.6 Å². The van der Waals surface area contributed by atoms with E-state index in [-0.39, 0.29) is 6.61 Å². The Hall–Kier alpha value is -2.20. The predicted molar refractivity (Wildman–Crippen MR) is 103 cm³/mol. The van der Waals surface area contributed by atoms with Crippen molar-refractivity contribution in [2.75, 3.05) is 47.1 Å². The highest BCUT2D eigenvalue weighted by Gasteiger charge is 2.07. The zero-order valence-corrected chi connectivity index (χ0v) is 16.2. The van der Waals surface area contributed by atoms with E-state index < -0.39 is 11.9 Å². The molecule has 2 rings (SSSR count). The average Bonchev–Trinajstić information content (AvgIpc) is 3.08. The van der Waals surface area contributed by atoms with Gasteiger partial charge < -0.3 is 29.7 Å². The summed E-state index contributed by atoms with van der Waals surface area (Å²) in [6.45, 7) is 3.07. The number of hydrogen-bond donors (Lipinski definition) is 3. The molecule has 150 valence electrons. The highest BCUT2D eigenvalue weighted by molar-refractivity contribution is 7.17. The number of carboxylic acids is 2. The van der Waals surface area contributed by atoms with Crippen molar-refractivity contribution in [3.63, 3.8) is 0 Å². The second kappa shape index (κ2) is 12.2. The Labute approximate surface area is 161 Å². The maximum atomic E-state index is 9.10. The third kappa shape index (κ3) is 8.35. The molecule has 0 unspecified atom stereocenters. The SMILES string of the molecule is COc1cc2sccc2cc1CCOCCN(C)CCO.O=C(O)C(=O)O. The van der Waals surface area contributed by atoms with Crippen molar-refractivity contribution in [2.45, 2.75) is 6.42 Å². The molecule has 2 aromatic rings. The number of likely N-dealkylation sites (N-methyl/N-ethyl adjacent to an activating group) is 1. The molecule has 0 aliphatic rings. The van der Waals surface area contributed by atoms with Crippen LogP contribution < -0.4 is 4.74 Å².